The Hall–Kier alpha value is -1.95. The topological polar surface area (TPSA) is 41.7 Å². The fourth-order valence-corrected chi connectivity index (χ4v) is 6.32. The zero-order valence-corrected chi connectivity index (χ0v) is 26.1. The van der Waals surface area contributed by atoms with E-state index in [0.717, 1.165) is 69.3 Å². The summed E-state index contributed by atoms with van der Waals surface area (Å²) < 4.78 is 6.02. The highest BCUT2D eigenvalue weighted by Crippen LogP contribution is 2.50. The van der Waals surface area contributed by atoms with E-state index in [1.807, 2.05) is 6.92 Å². The molecule has 1 aliphatic carbocycles. The highest BCUT2D eigenvalue weighted by Gasteiger charge is 2.43. The number of hydrogen-bond donors (Lipinski definition) is 1. The van der Waals surface area contributed by atoms with Gasteiger partial charge in [0.15, 0.2) is 0 Å². The van der Waals surface area contributed by atoms with Crippen molar-refractivity contribution in [2.24, 2.45) is 11.1 Å². The Morgan fingerprint density at radius 2 is 1.31 bits per heavy atom. The standard InChI is InChI=1S/C32H41N3O.3ClH/c1-23-24(2)36-25(3)29-21-32(4,31(33)30(23)29)22-35-19-17-34(18-20-35)16-15-28(26-11-7-5-8-12-26)27-13-9-6-10-14-27;;;/h5-14,28H,15-22,33H2,1-4H3;3*1H. The van der Waals surface area contributed by atoms with Gasteiger partial charge in [-0.1, -0.05) is 67.6 Å². The summed E-state index contributed by atoms with van der Waals surface area (Å²) in [5.74, 6) is 2.45. The van der Waals surface area contributed by atoms with E-state index in [4.69, 9.17) is 10.5 Å². The van der Waals surface area contributed by atoms with Gasteiger partial charge in [0.05, 0.1) is 0 Å². The molecule has 2 heterocycles. The van der Waals surface area contributed by atoms with Gasteiger partial charge in [-0.2, -0.15) is 0 Å². The van der Waals surface area contributed by atoms with Gasteiger partial charge in [-0.05, 0) is 56.9 Å². The minimum Gasteiger partial charge on any atom is -0.466 e. The maximum atomic E-state index is 6.84. The van der Waals surface area contributed by atoms with Crippen molar-refractivity contribution < 1.29 is 4.74 Å². The molecule has 0 bridgehead atoms. The van der Waals surface area contributed by atoms with Crippen LogP contribution < -0.4 is 5.73 Å². The smallest absolute Gasteiger partial charge is 0.104 e. The van der Waals surface area contributed by atoms with E-state index in [-0.39, 0.29) is 42.6 Å². The predicted octanol–water partition coefficient (Wildman–Crippen LogP) is 7.31. The normalized spacial score (nSPS) is 21.7. The molecule has 39 heavy (non-hydrogen) atoms. The summed E-state index contributed by atoms with van der Waals surface area (Å²) in [6.07, 6.45) is 2.11. The molecule has 0 aromatic heterocycles. The first kappa shape index (κ1) is 33.3. The minimum atomic E-state index is -0.0327. The van der Waals surface area contributed by atoms with E-state index in [0.29, 0.717) is 5.92 Å². The molecule has 5 rings (SSSR count). The molecule has 2 aromatic carbocycles. The van der Waals surface area contributed by atoms with Crippen molar-refractivity contribution in [2.45, 2.75) is 46.5 Å². The maximum Gasteiger partial charge on any atom is 0.104 e. The second kappa shape index (κ2) is 14.1. The Morgan fingerprint density at radius 3 is 1.85 bits per heavy atom. The van der Waals surface area contributed by atoms with Gasteiger partial charge in [-0.15, -0.1) is 37.2 Å². The van der Waals surface area contributed by atoms with E-state index < -0.39 is 0 Å². The number of allylic oxidation sites excluding steroid dienone is 5. The Labute approximate surface area is 253 Å². The van der Waals surface area contributed by atoms with Crippen LogP contribution in [-0.2, 0) is 4.74 Å². The first-order chi connectivity index (χ1) is 17.4. The summed E-state index contributed by atoms with van der Waals surface area (Å²) >= 11 is 0. The summed E-state index contributed by atoms with van der Waals surface area (Å²) in [4.78, 5) is 5.26. The molecule has 0 amide bonds. The Kier molecular flexibility index (Phi) is 12.0. The molecule has 0 saturated carbocycles. The monoisotopic (exact) mass is 591 g/mol. The van der Waals surface area contributed by atoms with Crippen LogP contribution >= 0.6 is 37.2 Å². The summed E-state index contributed by atoms with van der Waals surface area (Å²) in [7, 11) is 0. The first-order valence-corrected chi connectivity index (χ1v) is 13.5. The number of hydrogen-bond acceptors (Lipinski definition) is 4. The fourth-order valence-electron chi connectivity index (χ4n) is 6.32. The molecule has 2 N–H and O–H groups in total. The third kappa shape index (κ3) is 7.04. The van der Waals surface area contributed by atoms with Gasteiger partial charge in [-0.3, -0.25) is 4.90 Å². The summed E-state index contributed by atoms with van der Waals surface area (Å²) in [5.41, 5.74) is 14.4. The van der Waals surface area contributed by atoms with E-state index in [2.05, 4.69) is 91.2 Å². The summed E-state index contributed by atoms with van der Waals surface area (Å²) in [6.45, 7) is 15.2. The highest BCUT2D eigenvalue weighted by molar-refractivity contribution is 5.86. The van der Waals surface area contributed by atoms with Crippen LogP contribution in [0.15, 0.2) is 94.6 Å². The second-order valence-electron chi connectivity index (χ2n) is 11.1. The van der Waals surface area contributed by atoms with Crippen LogP contribution in [0.25, 0.3) is 0 Å². The van der Waals surface area contributed by atoms with Crippen LogP contribution in [0.2, 0.25) is 0 Å². The summed E-state index contributed by atoms with van der Waals surface area (Å²) in [6, 6.07) is 21.9. The van der Waals surface area contributed by atoms with E-state index in [1.165, 1.54) is 27.8 Å². The van der Waals surface area contributed by atoms with E-state index in [9.17, 15) is 0 Å². The van der Waals surface area contributed by atoms with Crippen molar-refractivity contribution in [3.05, 3.63) is 106 Å². The van der Waals surface area contributed by atoms with Crippen molar-refractivity contribution in [1.82, 2.24) is 9.80 Å². The van der Waals surface area contributed by atoms with Gasteiger partial charge in [0.2, 0.25) is 0 Å². The lowest BCUT2D eigenvalue weighted by molar-refractivity contribution is 0.102. The van der Waals surface area contributed by atoms with Gasteiger partial charge in [0, 0.05) is 60.9 Å². The largest absolute Gasteiger partial charge is 0.466 e. The van der Waals surface area contributed by atoms with Gasteiger partial charge in [0.1, 0.15) is 11.5 Å². The molecule has 0 radical (unpaired) electrons. The maximum absolute atomic E-state index is 6.84. The van der Waals surface area contributed by atoms with Gasteiger partial charge >= 0.3 is 0 Å². The molecule has 2 aromatic rings. The average molecular weight is 593 g/mol. The van der Waals surface area contributed by atoms with E-state index in [1.54, 1.807) is 0 Å². The van der Waals surface area contributed by atoms with E-state index >= 15 is 0 Å². The number of rotatable bonds is 7. The predicted molar refractivity (Wildman–Crippen MR) is 170 cm³/mol. The molecule has 1 saturated heterocycles. The molecule has 4 nitrogen and oxygen atoms in total. The lowest BCUT2D eigenvalue weighted by Crippen LogP contribution is -2.50. The number of halogens is 3. The Balaban J connectivity index is 0.00000178. The number of nitrogens with zero attached hydrogens (tertiary/aromatic N) is 2. The zero-order chi connectivity index (χ0) is 25.3. The second-order valence-corrected chi connectivity index (χ2v) is 11.1. The third-order valence-electron chi connectivity index (χ3n) is 8.60. The molecular formula is C32H44Cl3N3O. The van der Waals surface area contributed by atoms with Crippen molar-refractivity contribution in [2.75, 3.05) is 39.3 Å². The minimum absolute atomic E-state index is 0. The van der Waals surface area contributed by atoms with Gasteiger partial charge < -0.3 is 15.4 Å². The number of fused-ring (bicyclic) bond motifs is 1. The number of piperazine rings is 1. The van der Waals surface area contributed by atoms with Crippen LogP contribution in [0.5, 0.6) is 0 Å². The van der Waals surface area contributed by atoms with Gasteiger partial charge in [0.25, 0.3) is 0 Å². The molecule has 1 fully saturated rings. The molecule has 7 heteroatoms. The number of nitrogens with two attached hydrogens (primary N) is 1. The van der Waals surface area contributed by atoms with Crippen molar-refractivity contribution >= 4 is 37.2 Å². The SMILES string of the molecule is CC1=C(C)C2=C(N)C(C)(CN3CCN(CCC(c4ccccc4)c4ccccc4)CC3)CC2=C(C)O1.Cl.Cl.Cl. The number of benzene rings is 2. The molecule has 1 unspecified atom stereocenters. The van der Waals surface area contributed by atoms with Crippen LogP contribution in [0, 0.1) is 5.41 Å². The first-order valence-electron chi connectivity index (χ1n) is 13.5. The molecule has 2 aliphatic heterocycles. The zero-order valence-electron chi connectivity index (χ0n) is 23.6. The van der Waals surface area contributed by atoms with Crippen LogP contribution in [0.3, 0.4) is 0 Å². The Morgan fingerprint density at radius 1 is 0.795 bits per heavy atom. The van der Waals surface area contributed by atoms with Crippen LogP contribution in [0.4, 0.5) is 0 Å². The molecule has 1 atom stereocenters. The lowest BCUT2D eigenvalue weighted by atomic mass is 9.85. The molecular weight excluding hydrogens is 549 g/mol. The summed E-state index contributed by atoms with van der Waals surface area (Å²) in [5, 5.41) is 0. The quantitative estimate of drug-likeness (QED) is 0.366. The molecule has 3 aliphatic rings. The highest BCUT2D eigenvalue weighted by atomic mass is 35.5. The van der Waals surface area contributed by atoms with Crippen LogP contribution in [-0.4, -0.2) is 49.1 Å². The lowest BCUT2D eigenvalue weighted by Gasteiger charge is -2.39. The van der Waals surface area contributed by atoms with Crippen molar-refractivity contribution in [3.63, 3.8) is 0 Å². The Bertz CT molecular complexity index is 1150. The fraction of sp³-hybridized carbons (Fsp3) is 0.438. The average Bonchev–Trinajstić information content (AvgIpc) is 3.16. The number of ether oxygens (including phenoxy) is 1. The van der Waals surface area contributed by atoms with Crippen molar-refractivity contribution in [3.8, 4) is 0 Å². The van der Waals surface area contributed by atoms with Gasteiger partial charge in [-0.25, -0.2) is 0 Å². The molecule has 214 valence electrons. The van der Waals surface area contributed by atoms with Crippen molar-refractivity contribution in [1.29, 1.82) is 0 Å². The van der Waals surface area contributed by atoms with Crippen LogP contribution in [0.1, 0.15) is 57.6 Å². The molecule has 0 spiro atoms. The third-order valence-corrected chi connectivity index (χ3v) is 8.60.